The van der Waals surface area contributed by atoms with Gasteiger partial charge in [0, 0.05) is 17.8 Å². The summed E-state index contributed by atoms with van der Waals surface area (Å²) in [4.78, 5) is 11.7. The monoisotopic (exact) mass is 434 g/mol. The third kappa shape index (κ3) is 4.98. The molecule has 0 aliphatic carbocycles. The van der Waals surface area contributed by atoms with Crippen LogP contribution in [0.1, 0.15) is 15.9 Å². The third-order valence-electron chi connectivity index (χ3n) is 4.23. The minimum atomic E-state index is -4.73. The second-order valence-corrected chi connectivity index (χ2v) is 8.20. The molecule has 0 aliphatic heterocycles. The molecular weight excluding hydrogens is 417 g/mol. The van der Waals surface area contributed by atoms with Gasteiger partial charge in [-0.05, 0) is 54.1 Å². The molecule has 156 valence electrons. The van der Waals surface area contributed by atoms with Crippen LogP contribution in [0.5, 0.6) is 0 Å². The molecule has 0 radical (unpaired) electrons. The van der Waals surface area contributed by atoms with Crippen LogP contribution in [-0.2, 0) is 16.4 Å². The van der Waals surface area contributed by atoms with E-state index in [4.69, 9.17) is 0 Å². The van der Waals surface area contributed by atoms with Crippen LogP contribution in [0.4, 0.5) is 24.5 Å². The smallest absolute Gasteiger partial charge is 0.341 e. The van der Waals surface area contributed by atoms with Gasteiger partial charge in [-0.25, -0.2) is 12.8 Å². The molecule has 3 aromatic carbocycles. The predicted molar refractivity (Wildman–Crippen MR) is 108 cm³/mol. The Hall–Kier alpha value is -3.33. The number of para-hydroxylation sites is 1. The van der Waals surface area contributed by atoms with Gasteiger partial charge in [-0.1, -0.05) is 24.3 Å². The topological polar surface area (TPSA) is 75.3 Å². The van der Waals surface area contributed by atoms with Gasteiger partial charge in [-0.3, -0.25) is 4.79 Å². The number of anilines is 2. The zero-order chi connectivity index (χ0) is 21.7. The Morgan fingerprint density at radius 3 is 2.17 bits per heavy atom. The molecule has 0 bridgehead atoms. The summed E-state index contributed by atoms with van der Waals surface area (Å²) in [6.45, 7) is 0.182. The zero-order valence-corrected chi connectivity index (χ0v) is 16.3. The largest absolute Gasteiger partial charge is 0.380 e. The van der Waals surface area contributed by atoms with Gasteiger partial charge in [0.2, 0.25) is 9.84 Å². The average Bonchev–Trinajstić information content (AvgIpc) is 2.73. The molecule has 0 spiro atoms. The van der Waals surface area contributed by atoms with E-state index in [9.17, 15) is 26.4 Å². The lowest BCUT2D eigenvalue weighted by Crippen LogP contribution is -2.14. The summed E-state index contributed by atoms with van der Waals surface area (Å²) in [7, 11) is -4.73. The van der Waals surface area contributed by atoms with E-state index in [1.54, 1.807) is 30.3 Å². The van der Waals surface area contributed by atoms with Crippen molar-refractivity contribution in [2.45, 2.75) is 17.2 Å². The molecule has 0 atom stereocenters. The fraction of sp³-hybridized carbons (Fsp3) is 0.0952. The van der Waals surface area contributed by atoms with Crippen molar-refractivity contribution in [1.82, 2.24) is 0 Å². The Labute approximate surface area is 171 Å². The summed E-state index contributed by atoms with van der Waals surface area (Å²) in [5, 5.41) is 5.52. The van der Waals surface area contributed by atoms with Gasteiger partial charge >= 0.3 is 5.76 Å². The molecule has 30 heavy (non-hydrogen) atoms. The average molecular weight is 434 g/mol. The number of nitrogens with one attached hydrogen (secondary N) is 2. The molecule has 9 heteroatoms. The van der Waals surface area contributed by atoms with Crippen molar-refractivity contribution < 1.29 is 26.4 Å². The maximum Gasteiger partial charge on any atom is 0.341 e. The predicted octanol–water partition coefficient (Wildman–Crippen LogP) is 4.69. The van der Waals surface area contributed by atoms with Gasteiger partial charge in [0.25, 0.3) is 5.91 Å². The number of amides is 1. The highest BCUT2D eigenvalue weighted by Crippen LogP contribution is 2.26. The van der Waals surface area contributed by atoms with Crippen LogP contribution in [0.2, 0.25) is 0 Å². The van der Waals surface area contributed by atoms with Crippen LogP contribution in [0, 0.1) is 5.82 Å². The molecule has 5 nitrogen and oxygen atoms in total. The molecular formula is C21H17F3N2O3S. The first kappa shape index (κ1) is 21.4. The lowest BCUT2D eigenvalue weighted by molar-refractivity contribution is 0.102. The number of carbonyl (C=O) groups excluding carboxylic acids is 1. The van der Waals surface area contributed by atoms with Gasteiger partial charge in [-0.2, -0.15) is 8.78 Å². The Balaban J connectivity index is 1.66. The van der Waals surface area contributed by atoms with Crippen LogP contribution in [-0.4, -0.2) is 20.1 Å². The Morgan fingerprint density at radius 2 is 1.53 bits per heavy atom. The molecule has 1 amide bonds. The maximum absolute atomic E-state index is 12.9. The molecule has 0 fully saturated rings. The fourth-order valence-electron chi connectivity index (χ4n) is 2.66. The summed E-state index contributed by atoms with van der Waals surface area (Å²) in [5.41, 5.74) is 1.62. The van der Waals surface area contributed by atoms with E-state index in [0.717, 1.165) is 11.6 Å². The highest BCUT2D eigenvalue weighted by Gasteiger charge is 2.28. The number of alkyl halides is 2. The van der Waals surface area contributed by atoms with E-state index in [-0.39, 0.29) is 12.2 Å². The first-order chi connectivity index (χ1) is 14.3. The van der Waals surface area contributed by atoms with E-state index >= 15 is 0 Å². The number of carbonyl (C=O) groups is 1. The van der Waals surface area contributed by atoms with Gasteiger partial charge in [-0.15, -0.1) is 0 Å². The Bertz CT molecular complexity index is 1130. The normalized spacial score (nSPS) is 11.3. The second kappa shape index (κ2) is 9.00. The summed E-state index contributed by atoms with van der Waals surface area (Å²) in [6.07, 6.45) is 0. The lowest BCUT2D eigenvalue weighted by atomic mass is 10.1. The van der Waals surface area contributed by atoms with Crippen LogP contribution in [0.3, 0.4) is 0 Å². The summed E-state index contributed by atoms with van der Waals surface area (Å²) in [5.74, 6) is -4.34. The summed E-state index contributed by atoms with van der Waals surface area (Å²) >= 11 is 0. The van der Waals surface area contributed by atoms with Gasteiger partial charge in [0.15, 0.2) is 0 Å². The van der Waals surface area contributed by atoms with Crippen molar-refractivity contribution >= 4 is 27.1 Å². The van der Waals surface area contributed by atoms with Crippen molar-refractivity contribution in [3.8, 4) is 0 Å². The standard InChI is InChI=1S/C21H17F3N2O3S/c22-16-9-7-15(8-10-16)20(27)26-17-11-5-14(6-12-17)13-25-18-3-1-2-4-19(18)30(28,29)21(23)24/h1-12,21,25H,13H2,(H,26,27). The quantitative estimate of drug-likeness (QED) is 0.566. The number of hydrogen-bond donors (Lipinski definition) is 2. The van der Waals surface area contributed by atoms with E-state index in [0.29, 0.717) is 11.3 Å². The van der Waals surface area contributed by atoms with Crippen molar-refractivity contribution in [3.63, 3.8) is 0 Å². The first-order valence-corrected chi connectivity index (χ1v) is 10.3. The molecule has 0 saturated carbocycles. The number of sulfone groups is 1. The molecule has 2 N–H and O–H groups in total. The van der Waals surface area contributed by atoms with Crippen LogP contribution < -0.4 is 10.6 Å². The van der Waals surface area contributed by atoms with Crippen molar-refractivity contribution in [2.75, 3.05) is 10.6 Å². The summed E-state index contributed by atoms with van der Waals surface area (Å²) in [6, 6.07) is 17.2. The van der Waals surface area contributed by atoms with E-state index in [2.05, 4.69) is 10.6 Å². The molecule has 0 heterocycles. The number of halogens is 3. The maximum atomic E-state index is 12.9. The Kier molecular flexibility index (Phi) is 6.41. The minimum Gasteiger partial charge on any atom is -0.380 e. The molecule has 3 aromatic rings. The highest BCUT2D eigenvalue weighted by atomic mass is 32.2. The Morgan fingerprint density at radius 1 is 0.900 bits per heavy atom. The molecule has 3 rings (SSSR count). The van der Waals surface area contributed by atoms with E-state index in [1.807, 2.05) is 0 Å². The molecule has 0 aliphatic rings. The minimum absolute atomic E-state index is 0.0755. The zero-order valence-electron chi connectivity index (χ0n) is 15.5. The van der Waals surface area contributed by atoms with Gasteiger partial charge in [0.1, 0.15) is 5.82 Å². The van der Waals surface area contributed by atoms with Crippen molar-refractivity contribution in [3.05, 3.63) is 89.7 Å². The van der Waals surface area contributed by atoms with Gasteiger partial charge in [0.05, 0.1) is 10.6 Å². The van der Waals surface area contributed by atoms with Crippen LogP contribution >= 0.6 is 0 Å². The van der Waals surface area contributed by atoms with Gasteiger partial charge < -0.3 is 10.6 Å². The fourth-order valence-corrected chi connectivity index (χ4v) is 3.57. The highest BCUT2D eigenvalue weighted by molar-refractivity contribution is 7.91. The van der Waals surface area contributed by atoms with E-state index < -0.39 is 32.2 Å². The lowest BCUT2D eigenvalue weighted by Gasteiger charge is -2.12. The molecule has 0 saturated heterocycles. The first-order valence-electron chi connectivity index (χ1n) is 8.78. The SMILES string of the molecule is O=C(Nc1ccc(CNc2ccccc2S(=O)(=O)C(F)F)cc1)c1ccc(F)cc1. The van der Waals surface area contributed by atoms with Crippen LogP contribution in [0.15, 0.2) is 77.7 Å². The third-order valence-corrected chi connectivity index (χ3v) is 5.67. The molecule has 0 unspecified atom stereocenters. The van der Waals surface area contributed by atoms with Crippen molar-refractivity contribution in [1.29, 1.82) is 0 Å². The van der Waals surface area contributed by atoms with E-state index in [1.165, 1.54) is 36.4 Å². The summed E-state index contributed by atoms with van der Waals surface area (Å²) < 4.78 is 62.3. The second-order valence-electron chi connectivity index (χ2n) is 6.31. The van der Waals surface area contributed by atoms with Crippen LogP contribution in [0.25, 0.3) is 0 Å². The number of benzene rings is 3. The van der Waals surface area contributed by atoms with Crippen molar-refractivity contribution in [2.24, 2.45) is 0 Å². The number of hydrogen-bond acceptors (Lipinski definition) is 4. The molecule has 0 aromatic heterocycles. The number of rotatable bonds is 7.